The second-order valence-corrected chi connectivity index (χ2v) is 8.19. The summed E-state index contributed by atoms with van der Waals surface area (Å²) in [5, 5.41) is 19.5. The number of anilines is 1. The number of carbonyl (C=O) groups excluding carboxylic acids is 1. The Kier molecular flexibility index (Phi) is 4.54. The molecule has 1 aliphatic carbocycles. The van der Waals surface area contributed by atoms with E-state index in [1.165, 1.54) is 0 Å². The van der Waals surface area contributed by atoms with Gasteiger partial charge in [-0.1, -0.05) is 26.8 Å². The maximum atomic E-state index is 12.0. The van der Waals surface area contributed by atoms with E-state index in [1.807, 2.05) is 25.1 Å². The number of amides is 1. The number of rotatable bonds is 4. The van der Waals surface area contributed by atoms with E-state index in [0.717, 1.165) is 52.1 Å². The number of benzene rings is 1. The van der Waals surface area contributed by atoms with Gasteiger partial charge in [0.1, 0.15) is 5.69 Å². The number of aromatic amines is 2. The van der Waals surface area contributed by atoms with Gasteiger partial charge in [-0.3, -0.25) is 9.89 Å². The zero-order valence-electron chi connectivity index (χ0n) is 17.0. The lowest BCUT2D eigenvalue weighted by molar-refractivity contribution is -0.118. The molecule has 0 fully saturated rings. The molecule has 0 saturated carbocycles. The Morgan fingerprint density at radius 1 is 1.36 bits per heavy atom. The van der Waals surface area contributed by atoms with Crippen molar-refractivity contribution in [2.24, 2.45) is 5.41 Å². The van der Waals surface area contributed by atoms with Gasteiger partial charge in [-0.05, 0) is 36.5 Å². The lowest BCUT2D eigenvalue weighted by Gasteiger charge is -2.37. The van der Waals surface area contributed by atoms with E-state index in [9.17, 15) is 9.90 Å². The van der Waals surface area contributed by atoms with Crippen molar-refractivity contribution in [3.63, 3.8) is 0 Å². The molecule has 6 heteroatoms. The number of aliphatic hydroxyl groups excluding tert-OH is 1. The van der Waals surface area contributed by atoms with Crippen molar-refractivity contribution in [1.29, 1.82) is 0 Å². The van der Waals surface area contributed by atoms with Crippen molar-refractivity contribution in [2.75, 3.05) is 11.9 Å². The lowest BCUT2D eigenvalue weighted by Crippen LogP contribution is -2.39. The van der Waals surface area contributed by atoms with Crippen LogP contribution in [0.4, 0.5) is 5.69 Å². The largest absolute Gasteiger partial charge is 0.392 e. The summed E-state index contributed by atoms with van der Waals surface area (Å²) >= 11 is 0. The third-order valence-corrected chi connectivity index (χ3v) is 6.47. The number of fused-ring (bicyclic) bond motifs is 2. The topological polar surface area (TPSA) is 85.0 Å². The highest BCUT2D eigenvalue weighted by Gasteiger charge is 2.38. The highest BCUT2D eigenvalue weighted by molar-refractivity contribution is 5.96. The normalized spacial score (nSPS) is 21.7. The van der Waals surface area contributed by atoms with Crippen molar-refractivity contribution in [3.05, 3.63) is 35.5 Å². The van der Waals surface area contributed by atoms with Crippen LogP contribution in [-0.4, -0.2) is 39.3 Å². The van der Waals surface area contributed by atoms with Gasteiger partial charge >= 0.3 is 0 Å². The van der Waals surface area contributed by atoms with Gasteiger partial charge < -0.3 is 15.0 Å². The van der Waals surface area contributed by atoms with Crippen molar-refractivity contribution in [1.82, 2.24) is 15.2 Å². The third-order valence-electron chi connectivity index (χ3n) is 6.47. The first-order chi connectivity index (χ1) is 13.4. The van der Waals surface area contributed by atoms with Gasteiger partial charge in [0.15, 0.2) is 0 Å². The Hall–Kier alpha value is -2.60. The van der Waals surface area contributed by atoms with Gasteiger partial charge in [-0.15, -0.1) is 0 Å². The first kappa shape index (κ1) is 18.7. The summed E-state index contributed by atoms with van der Waals surface area (Å²) in [6, 6.07) is 8.06. The molecule has 2 heterocycles. The molecule has 2 unspecified atom stereocenters. The molecule has 0 saturated heterocycles. The summed E-state index contributed by atoms with van der Waals surface area (Å²) in [5.41, 5.74) is 5.76. The molecule has 2 atom stereocenters. The average molecular weight is 380 g/mol. The Morgan fingerprint density at radius 3 is 2.86 bits per heavy atom. The lowest BCUT2D eigenvalue weighted by atomic mass is 9.71. The predicted octanol–water partition coefficient (Wildman–Crippen LogP) is 3.81. The SMILES string of the molecule is CCC(=O)N(C)c1ccc2cc(-c3n[nH]c4c3CC(O)C(C)(CC)C4)[nH]c2c1. The molecule has 0 spiro atoms. The fraction of sp³-hybridized carbons (Fsp3) is 0.455. The average Bonchev–Trinajstić information content (AvgIpc) is 3.29. The van der Waals surface area contributed by atoms with Crippen molar-refractivity contribution >= 4 is 22.5 Å². The zero-order valence-corrected chi connectivity index (χ0v) is 17.0. The van der Waals surface area contributed by atoms with Crippen LogP contribution in [0.2, 0.25) is 0 Å². The Bertz CT molecular complexity index is 1030. The summed E-state index contributed by atoms with van der Waals surface area (Å²) < 4.78 is 0. The van der Waals surface area contributed by atoms with Crippen LogP contribution in [0.25, 0.3) is 22.3 Å². The summed E-state index contributed by atoms with van der Waals surface area (Å²) in [6.07, 6.45) is 2.46. The fourth-order valence-corrected chi connectivity index (χ4v) is 4.14. The smallest absolute Gasteiger partial charge is 0.226 e. The molecule has 0 radical (unpaired) electrons. The van der Waals surface area contributed by atoms with Gasteiger partial charge in [-0.2, -0.15) is 5.10 Å². The summed E-state index contributed by atoms with van der Waals surface area (Å²) in [5.74, 6) is 0.0838. The minimum Gasteiger partial charge on any atom is -0.392 e. The molecule has 28 heavy (non-hydrogen) atoms. The van der Waals surface area contributed by atoms with Crippen molar-refractivity contribution in [3.8, 4) is 11.4 Å². The summed E-state index contributed by atoms with van der Waals surface area (Å²) in [4.78, 5) is 17.1. The summed E-state index contributed by atoms with van der Waals surface area (Å²) in [6.45, 7) is 6.13. The first-order valence-corrected chi connectivity index (χ1v) is 10.00. The Balaban J connectivity index is 1.71. The molecule has 4 rings (SSSR count). The van der Waals surface area contributed by atoms with Crippen molar-refractivity contribution in [2.45, 2.75) is 52.6 Å². The van der Waals surface area contributed by atoms with E-state index in [-0.39, 0.29) is 17.4 Å². The van der Waals surface area contributed by atoms with Gasteiger partial charge in [0.2, 0.25) is 5.91 Å². The number of aromatic nitrogens is 3. The number of H-pyrrole nitrogens is 2. The Morgan fingerprint density at radius 2 is 2.14 bits per heavy atom. The van der Waals surface area contributed by atoms with Crippen LogP contribution in [0.5, 0.6) is 0 Å². The first-order valence-electron chi connectivity index (χ1n) is 10.00. The molecule has 3 N–H and O–H groups in total. The van der Waals surface area contributed by atoms with Crippen LogP contribution in [-0.2, 0) is 17.6 Å². The minimum atomic E-state index is -0.369. The maximum absolute atomic E-state index is 12.0. The number of carbonyl (C=O) groups is 1. The van der Waals surface area contributed by atoms with E-state index < -0.39 is 0 Å². The van der Waals surface area contributed by atoms with Gasteiger partial charge in [-0.25, -0.2) is 0 Å². The predicted molar refractivity (Wildman–Crippen MR) is 111 cm³/mol. The molecule has 1 aliphatic rings. The molecule has 1 amide bonds. The zero-order chi connectivity index (χ0) is 20.1. The molecular weight excluding hydrogens is 352 g/mol. The quantitative estimate of drug-likeness (QED) is 0.643. The number of hydrogen-bond donors (Lipinski definition) is 3. The molecule has 0 aliphatic heterocycles. The van der Waals surface area contributed by atoms with E-state index in [2.05, 4.69) is 35.1 Å². The summed E-state index contributed by atoms with van der Waals surface area (Å²) in [7, 11) is 1.80. The number of hydrogen-bond acceptors (Lipinski definition) is 3. The Labute approximate surface area is 165 Å². The molecule has 6 nitrogen and oxygen atoms in total. The van der Waals surface area contributed by atoms with Crippen molar-refractivity contribution < 1.29 is 9.90 Å². The molecule has 3 aromatic rings. The van der Waals surface area contributed by atoms with E-state index in [4.69, 9.17) is 0 Å². The van der Waals surface area contributed by atoms with Gasteiger partial charge in [0.05, 0.1) is 11.8 Å². The molecule has 0 bridgehead atoms. The minimum absolute atomic E-state index is 0.0838. The van der Waals surface area contributed by atoms with Crippen LogP contribution < -0.4 is 4.90 Å². The van der Waals surface area contributed by atoms with E-state index in [0.29, 0.717) is 12.8 Å². The van der Waals surface area contributed by atoms with Gasteiger partial charge in [0.25, 0.3) is 0 Å². The second kappa shape index (κ2) is 6.78. The molecule has 148 valence electrons. The van der Waals surface area contributed by atoms with Crippen LogP contribution in [0.15, 0.2) is 24.3 Å². The fourth-order valence-electron chi connectivity index (χ4n) is 4.14. The maximum Gasteiger partial charge on any atom is 0.226 e. The number of nitrogens with zero attached hydrogens (tertiary/aromatic N) is 2. The molecular formula is C22H28N4O2. The second-order valence-electron chi connectivity index (χ2n) is 8.19. The molecule has 2 aromatic heterocycles. The highest BCUT2D eigenvalue weighted by atomic mass is 16.3. The highest BCUT2D eigenvalue weighted by Crippen LogP contribution is 2.40. The standard InChI is InChI=1S/C22H28N4O2/c1-5-20(28)26(4)14-8-7-13-9-17(23-16(13)10-14)21-15-11-19(27)22(3,6-2)12-18(15)24-25-21/h7-10,19,23,27H,5-6,11-12H2,1-4H3,(H,24,25). The third kappa shape index (κ3) is 2.92. The number of nitrogens with one attached hydrogen (secondary N) is 2. The van der Waals surface area contributed by atoms with Gasteiger partial charge in [0, 0.05) is 47.7 Å². The van der Waals surface area contributed by atoms with Crippen LogP contribution in [0, 0.1) is 5.41 Å². The van der Waals surface area contributed by atoms with E-state index in [1.54, 1.807) is 11.9 Å². The monoisotopic (exact) mass is 380 g/mol. The van der Waals surface area contributed by atoms with Crippen LogP contribution >= 0.6 is 0 Å². The number of aliphatic hydroxyl groups is 1. The van der Waals surface area contributed by atoms with Crippen LogP contribution in [0.3, 0.4) is 0 Å². The molecule has 1 aromatic carbocycles. The van der Waals surface area contributed by atoms with Crippen LogP contribution in [0.1, 0.15) is 44.9 Å². The van der Waals surface area contributed by atoms with E-state index >= 15 is 0 Å².